The highest BCUT2D eigenvalue weighted by atomic mass is 16.6. The normalized spacial score (nSPS) is 12.2. The van der Waals surface area contributed by atoms with Crippen LogP contribution in [0.5, 0.6) is 5.75 Å². The summed E-state index contributed by atoms with van der Waals surface area (Å²) in [4.78, 5) is 10.4. The molecule has 0 amide bonds. The van der Waals surface area contributed by atoms with Gasteiger partial charge in [0.2, 0.25) is 0 Å². The molecule has 0 saturated heterocycles. The maximum Gasteiger partial charge on any atom is 0.272 e. The molecular formula is C12H17NO4. The van der Waals surface area contributed by atoms with Crippen LogP contribution in [0.15, 0.2) is 18.2 Å². The summed E-state index contributed by atoms with van der Waals surface area (Å²) < 4.78 is 5.03. The molecule has 5 heteroatoms. The van der Waals surface area contributed by atoms with Gasteiger partial charge in [0, 0.05) is 18.1 Å². The first-order chi connectivity index (χ1) is 8.08. The van der Waals surface area contributed by atoms with Crippen LogP contribution in [0.25, 0.3) is 0 Å². The predicted octanol–water partition coefficient (Wildman–Crippen LogP) is 2.31. The molecule has 0 saturated carbocycles. The molecule has 0 aliphatic heterocycles. The van der Waals surface area contributed by atoms with Crippen molar-refractivity contribution >= 4 is 5.69 Å². The first kappa shape index (κ1) is 13.4. The van der Waals surface area contributed by atoms with Gasteiger partial charge in [-0.05, 0) is 18.6 Å². The van der Waals surface area contributed by atoms with Gasteiger partial charge in [0.05, 0.1) is 18.1 Å². The Morgan fingerprint density at radius 3 is 2.76 bits per heavy atom. The number of ether oxygens (including phenoxy) is 1. The molecule has 0 heterocycles. The van der Waals surface area contributed by atoms with Crippen LogP contribution in [0.3, 0.4) is 0 Å². The van der Waals surface area contributed by atoms with Crippen LogP contribution in [0.2, 0.25) is 0 Å². The van der Waals surface area contributed by atoms with E-state index in [1.54, 1.807) is 12.1 Å². The van der Waals surface area contributed by atoms with Gasteiger partial charge in [-0.3, -0.25) is 10.1 Å². The average Bonchev–Trinajstić information content (AvgIpc) is 2.28. The Kier molecular flexibility index (Phi) is 4.90. The fourth-order valence-corrected chi connectivity index (χ4v) is 1.72. The highest BCUT2D eigenvalue weighted by Gasteiger charge is 2.17. The lowest BCUT2D eigenvalue weighted by atomic mass is 10.0. The molecule has 0 fully saturated rings. The highest BCUT2D eigenvalue weighted by molar-refractivity contribution is 5.45. The summed E-state index contributed by atoms with van der Waals surface area (Å²) in [5.41, 5.74) is 0.538. The number of hydrogen-bond donors (Lipinski definition) is 1. The molecule has 94 valence electrons. The van der Waals surface area contributed by atoms with Gasteiger partial charge in [-0.1, -0.05) is 13.3 Å². The molecule has 17 heavy (non-hydrogen) atoms. The van der Waals surface area contributed by atoms with Crippen molar-refractivity contribution in [3.05, 3.63) is 33.9 Å². The molecule has 1 rings (SSSR count). The average molecular weight is 239 g/mol. The van der Waals surface area contributed by atoms with Gasteiger partial charge in [-0.2, -0.15) is 0 Å². The number of benzene rings is 1. The minimum Gasteiger partial charge on any atom is -0.497 e. The monoisotopic (exact) mass is 239 g/mol. The quantitative estimate of drug-likeness (QED) is 0.610. The van der Waals surface area contributed by atoms with Crippen molar-refractivity contribution in [2.75, 3.05) is 7.11 Å². The molecule has 1 aromatic carbocycles. The second-order valence-corrected chi connectivity index (χ2v) is 3.90. The third-order valence-electron chi connectivity index (χ3n) is 2.56. The SMILES string of the molecule is CCCC(O)Cc1cc(OC)ccc1[N+](=O)[O-]. The Morgan fingerprint density at radius 2 is 2.24 bits per heavy atom. The first-order valence-electron chi connectivity index (χ1n) is 5.57. The minimum absolute atomic E-state index is 0.0287. The van der Waals surface area contributed by atoms with Crippen LogP contribution in [0.4, 0.5) is 5.69 Å². The van der Waals surface area contributed by atoms with Crippen LogP contribution in [-0.2, 0) is 6.42 Å². The van der Waals surface area contributed by atoms with Gasteiger partial charge in [-0.15, -0.1) is 0 Å². The summed E-state index contributed by atoms with van der Waals surface area (Å²) in [5.74, 6) is 0.564. The van der Waals surface area contributed by atoms with Crippen molar-refractivity contribution in [1.29, 1.82) is 0 Å². The van der Waals surface area contributed by atoms with Crippen molar-refractivity contribution in [2.45, 2.75) is 32.3 Å². The van der Waals surface area contributed by atoms with Gasteiger partial charge in [0.1, 0.15) is 5.75 Å². The van der Waals surface area contributed by atoms with Crippen LogP contribution in [0, 0.1) is 10.1 Å². The lowest BCUT2D eigenvalue weighted by Gasteiger charge is -2.10. The second-order valence-electron chi connectivity index (χ2n) is 3.90. The Hall–Kier alpha value is -1.62. The number of aliphatic hydroxyl groups is 1. The highest BCUT2D eigenvalue weighted by Crippen LogP contribution is 2.25. The van der Waals surface area contributed by atoms with Crippen molar-refractivity contribution < 1.29 is 14.8 Å². The lowest BCUT2D eigenvalue weighted by molar-refractivity contribution is -0.385. The van der Waals surface area contributed by atoms with E-state index in [-0.39, 0.29) is 12.1 Å². The fourth-order valence-electron chi connectivity index (χ4n) is 1.72. The summed E-state index contributed by atoms with van der Waals surface area (Å²) >= 11 is 0. The standard InChI is InChI=1S/C12H17NO4/c1-3-4-10(14)7-9-8-11(17-2)5-6-12(9)13(15)16/h5-6,8,10,14H,3-4,7H2,1-2H3. The summed E-state index contributed by atoms with van der Waals surface area (Å²) in [6, 6.07) is 4.57. The van der Waals surface area contributed by atoms with Crippen molar-refractivity contribution in [3.63, 3.8) is 0 Å². The molecule has 0 radical (unpaired) electrons. The van der Waals surface area contributed by atoms with Gasteiger partial charge in [0.15, 0.2) is 0 Å². The summed E-state index contributed by atoms with van der Waals surface area (Å²) in [6.07, 6.45) is 1.21. The third-order valence-corrected chi connectivity index (χ3v) is 2.56. The number of nitro benzene ring substituents is 1. The molecule has 1 aromatic rings. The molecule has 0 bridgehead atoms. The number of nitrogens with zero attached hydrogens (tertiary/aromatic N) is 1. The molecule has 1 unspecified atom stereocenters. The molecular weight excluding hydrogens is 222 g/mol. The fraction of sp³-hybridized carbons (Fsp3) is 0.500. The maximum absolute atomic E-state index is 10.8. The van der Waals surface area contributed by atoms with Gasteiger partial charge in [-0.25, -0.2) is 0 Å². The second kappa shape index (κ2) is 6.20. The number of aliphatic hydroxyl groups excluding tert-OH is 1. The Labute approximate surface area is 100 Å². The van der Waals surface area contributed by atoms with Gasteiger partial charge >= 0.3 is 0 Å². The van der Waals surface area contributed by atoms with Crippen LogP contribution in [0.1, 0.15) is 25.3 Å². The molecule has 0 spiro atoms. The molecule has 5 nitrogen and oxygen atoms in total. The summed E-state index contributed by atoms with van der Waals surface area (Å²) in [6.45, 7) is 1.96. The van der Waals surface area contributed by atoms with E-state index >= 15 is 0 Å². The largest absolute Gasteiger partial charge is 0.497 e. The molecule has 1 atom stereocenters. The van der Waals surface area contributed by atoms with Crippen molar-refractivity contribution in [1.82, 2.24) is 0 Å². The first-order valence-corrected chi connectivity index (χ1v) is 5.57. The van der Waals surface area contributed by atoms with Crippen molar-refractivity contribution in [2.24, 2.45) is 0 Å². The topological polar surface area (TPSA) is 72.6 Å². The zero-order chi connectivity index (χ0) is 12.8. The van der Waals surface area contributed by atoms with Gasteiger partial charge < -0.3 is 9.84 Å². The predicted molar refractivity (Wildman–Crippen MR) is 64.3 cm³/mol. The van der Waals surface area contributed by atoms with E-state index in [2.05, 4.69) is 0 Å². The Bertz CT molecular complexity index is 392. The van der Waals surface area contributed by atoms with E-state index in [0.29, 0.717) is 17.7 Å². The zero-order valence-corrected chi connectivity index (χ0v) is 10.0. The lowest BCUT2D eigenvalue weighted by Crippen LogP contribution is -2.11. The zero-order valence-electron chi connectivity index (χ0n) is 10.0. The van der Waals surface area contributed by atoms with Crippen LogP contribution in [-0.4, -0.2) is 23.2 Å². The van der Waals surface area contributed by atoms with Crippen LogP contribution >= 0.6 is 0 Å². The van der Waals surface area contributed by atoms with E-state index in [0.717, 1.165) is 6.42 Å². The number of rotatable bonds is 6. The Balaban J connectivity index is 2.96. The van der Waals surface area contributed by atoms with E-state index in [9.17, 15) is 15.2 Å². The van der Waals surface area contributed by atoms with Gasteiger partial charge in [0.25, 0.3) is 5.69 Å². The Morgan fingerprint density at radius 1 is 1.53 bits per heavy atom. The maximum atomic E-state index is 10.8. The number of hydrogen-bond acceptors (Lipinski definition) is 4. The number of nitro groups is 1. The summed E-state index contributed by atoms with van der Waals surface area (Å²) in [5, 5.41) is 20.6. The minimum atomic E-state index is -0.550. The molecule has 0 aliphatic carbocycles. The number of methoxy groups -OCH3 is 1. The molecule has 1 N–H and O–H groups in total. The third kappa shape index (κ3) is 3.71. The van der Waals surface area contributed by atoms with E-state index in [4.69, 9.17) is 4.74 Å². The summed E-state index contributed by atoms with van der Waals surface area (Å²) in [7, 11) is 1.51. The van der Waals surface area contributed by atoms with E-state index in [1.165, 1.54) is 13.2 Å². The smallest absolute Gasteiger partial charge is 0.272 e. The van der Waals surface area contributed by atoms with Crippen molar-refractivity contribution in [3.8, 4) is 5.75 Å². The van der Waals surface area contributed by atoms with Crippen LogP contribution < -0.4 is 4.74 Å². The molecule has 0 aliphatic rings. The van der Waals surface area contributed by atoms with E-state index < -0.39 is 11.0 Å². The molecule has 0 aromatic heterocycles. The van der Waals surface area contributed by atoms with E-state index in [1.807, 2.05) is 6.92 Å².